The Labute approximate surface area is 83.7 Å². The van der Waals surface area contributed by atoms with E-state index in [2.05, 4.69) is 22.4 Å². The molecule has 1 N–H and O–H groups in total. The molecule has 1 fully saturated rings. The van der Waals surface area contributed by atoms with E-state index in [0.29, 0.717) is 5.92 Å². The lowest BCUT2D eigenvalue weighted by molar-refractivity contribution is 0.193. The molecule has 2 heterocycles. The number of nitrogens with zero attached hydrogens (tertiary/aromatic N) is 2. The topological polar surface area (TPSA) is 47.0 Å². The molecule has 0 amide bonds. The van der Waals surface area contributed by atoms with Crippen molar-refractivity contribution in [3.63, 3.8) is 0 Å². The van der Waals surface area contributed by atoms with Crippen LogP contribution in [0.2, 0.25) is 0 Å². The van der Waals surface area contributed by atoms with Gasteiger partial charge in [0.2, 0.25) is 0 Å². The Morgan fingerprint density at radius 3 is 2.93 bits per heavy atom. The molecule has 1 unspecified atom stereocenters. The summed E-state index contributed by atoms with van der Waals surface area (Å²) in [7, 11) is 1.85. The Morgan fingerprint density at radius 2 is 2.36 bits per heavy atom. The van der Waals surface area contributed by atoms with E-state index < -0.39 is 0 Å². The fourth-order valence-corrected chi connectivity index (χ4v) is 1.77. The van der Waals surface area contributed by atoms with E-state index in [9.17, 15) is 0 Å². The number of ether oxygens (including phenoxy) is 1. The van der Waals surface area contributed by atoms with E-state index in [1.165, 1.54) is 5.56 Å². The van der Waals surface area contributed by atoms with Crippen LogP contribution in [0.15, 0.2) is 6.07 Å². The van der Waals surface area contributed by atoms with Crippen LogP contribution in [0.5, 0.6) is 0 Å². The number of aromatic nitrogens is 2. The predicted molar refractivity (Wildman–Crippen MR) is 54.5 cm³/mol. The highest BCUT2D eigenvalue weighted by Crippen LogP contribution is 2.26. The van der Waals surface area contributed by atoms with Gasteiger partial charge in [-0.2, -0.15) is 5.10 Å². The molecule has 4 nitrogen and oxygen atoms in total. The Hall–Kier alpha value is -1.16. The van der Waals surface area contributed by atoms with Gasteiger partial charge >= 0.3 is 0 Å². The molecule has 0 aromatic carbocycles. The van der Waals surface area contributed by atoms with Crippen LogP contribution in [-0.4, -0.2) is 30.5 Å². The molecule has 0 radical (unpaired) electrons. The van der Waals surface area contributed by atoms with E-state index in [1.54, 1.807) is 0 Å². The van der Waals surface area contributed by atoms with Crippen LogP contribution in [-0.2, 0) is 4.74 Å². The van der Waals surface area contributed by atoms with Crippen LogP contribution in [0, 0.1) is 6.92 Å². The van der Waals surface area contributed by atoms with Crippen LogP contribution in [0.4, 0.5) is 5.82 Å². The van der Waals surface area contributed by atoms with Crippen molar-refractivity contribution in [1.29, 1.82) is 0 Å². The summed E-state index contributed by atoms with van der Waals surface area (Å²) in [5.41, 5.74) is 2.28. The molecule has 1 saturated heterocycles. The van der Waals surface area contributed by atoms with Gasteiger partial charge < -0.3 is 10.1 Å². The standard InChI is InChI=1S/C10H15N3O/c1-7-5-9(11-2)12-13-10(7)8-3-4-14-6-8/h5,8H,3-4,6H2,1-2H3,(H,11,12). The van der Waals surface area contributed by atoms with Crippen molar-refractivity contribution in [2.75, 3.05) is 25.6 Å². The monoisotopic (exact) mass is 193 g/mol. The average Bonchev–Trinajstić information content (AvgIpc) is 2.70. The maximum atomic E-state index is 5.34. The van der Waals surface area contributed by atoms with Crippen LogP contribution in [0.25, 0.3) is 0 Å². The number of anilines is 1. The van der Waals surface area contributed by atoms with Gasteiger partial charge in [-0.05, 0) is 25.0 Å². The van der Waals surface area contributed by atoms with Crippen molar-refractivity contribution in [2.45, 2.75) is 19.3 Å². The van der Waals surface area contributed by atoms with Gasteiger partial charge in [-0.3, -0.25) is 0 Å². The third kappa shape index (κ3) is 1.70. The fraction of sp³-hybridized carbons (Fsp3) is 0.600. The Balaban J connectivity index is 2.25. The van der Waals surface area contributed by atoms with Crippen LogP contribution in [0.1, 0.15) is 23.6 Å². The number of rotatable bonds is 2. The number of aryl methyl sites for hydroxylation is 1. The van der Waals surface area contributed by atoms with Crippen molar-refractivity contribution >= 4 is 5.82 Å². The van der Waals surface area contributed by atoms with Crippen molar-refractivity contribution in [2.24, 2.45) is 0 Å². The Morgan fingerprint density at radius 1 is 1.50 bits per heavy atom. The summed E-state index contributed by atoms with van der Waals surface area (Å²) in [6.45, 7) is 3.71. The highest BCUT2D eigenvalue weighted by molar-refractivity contribution is 5.37. The van der Waals surface area contributed by atoms with Gasteiger partial charge in [0, 0.05) is 19.6 Å². The second-order valence-corrected chi connectivity index (χ2v) is 3.61. The zero-order valence-corrected chi connectivity index (χ0v) is 8.58. The highest BCUT2D eigenvalue weighted by Gasteiger charge is 2.21. The van der Waals surface area contributed by atoms with Gasteiger partial charge in [0.1, 0.15) is 5.82 Å². The molecule has 0 spiro atoms. The Bertz CT molecular complexity index is 321. The van der Waals surface area contributed by atoms with E-state index in [1.807, 2.05) is 13.1 Å². The lowest BCUT2D eigenvalue weighted by Crippen LogP contribution is -2.06. The van der Waals surface area contributed by atoms with Crippen LogP contribution in [0.3, 0.4) is 0 Å². The first-order valence-electron chi connectivity index (χ1n) is 4.91. The van der Waals surface area contributed by atoms with Gasteiger partial charge in [0.25, 0.3) is 0 Å². The summed E-state index contributed by atoms with van der Waals surface area (Å²) in [6, 6.07) is 2.03. The van der Waals surface area contributed by atoms with Crippen LogP contribution >= 0.6 is 0 Å². The molecule has 1 atom stereocenters. The maximum absolute atomic E-state index is 5.34. The van der Waals surface area contributed by atoms with E-state index in [-0.39, 0.29) is 0 Å². The molecule has 14 heavy (non-hydrogen) atoms. The molecule has 0 aliphatic carbocycles. The molecular formula is C10H15N3O. The number of nitrogens with one attached hydrogen (secondary N) is 1. The second-order valence-electron chi connectivity index (χ2n) is 3.61. The molecule has 0 bridgehead atoms. The molecule has 4 heteroatoms. The zero-order chi connectivity index (χ0) is 9.97. The van der Waals surface area contributed by atoms with Gasteiger partial charge in [0.05, 0.1) is 12.3 Å². The molecule has 1 aliphatic rings. The lowest BCUT2D eigenvalue weighted by Gasteiger charge is -2.10. The predicted octanol–water partition coefficient (Wildman–Crippen LogP) is 1.33. The fourth-order valence-electron chi connectivity index (χ4n) is 1.77. The molecule has 0 saturated carbocycles. The molecule has 1 aliphatic heterocycles. The van der Waals surface area contributed by atoms with Crippen molar-refractivity contribution in [3.05, 3.63) is 17.3 Å². The molecule has 2 rings (SSSR count). The molecule has 76 valence electrons. The summed E-state index contributed by atoms with van der Waals surface area (Å²) in [5.74, 6) is 1.26. The largest absolute Gasteiger partial charge is 0.381 e. The zero-order valence-electron chi connectivity index (χ0n) is 8.58. The third-order valence-corrected chi connectivity index (χ3v) is 2.60. The highest BCUT2D eigenvalue weighted by atomic mass is 16.5. The summed E-state index contributed by atoms with van der Waals surface area (Å²) >= 11 is 0. The van der Waals surface area contributed by atoms with Gasteiger partial charge in [0.15, 0.2) is 0 Å². The Kier molecular flexibility index (Phi) is 2.63. The minimum absolute atomic E-state index is 0.438. The van der Waals surface area contributed by atoms with Gasteiger partial charge in [-0.25, -0.2) is 0 Å². The summed E-state index contributed by atoms with van der Waals surface area (Å²) in [4.78, 5) is 0. The molecular weight excluding hydrogens is 178 g/mol. The maximum Gasteiger partial charge on any atom is 0.148 e. The van der Waals surface area contributed by atoms with E-state index in [0.717, 1.165) is 31.1 Å². The lowest BCUT2D eigenvalue weighted by atomic mass is 10.0. The SMILES string of the molecule is CNc1cc(C)c(C2CCOC2)nn1. The van der Waals surface area contributed by atoms with Gasteiger partial charge in [-0.1, -0.05) is 0 Å². The summed E-state index contributed by atoms with van der Waals surface area (Å²) < 4.78 is 5.34. The van der Waals surface area contributed by atoms with E-state index >= 15 is 0 Å². The smallest absolute Gasteiger partial charge is 0.148 e. The number of hydrogen-bond acceptors (Lipinski definition) is 4. The first kappa shape index (κ1) is 9.40. The molecule has 1 aromatic heterocycles. The second kappa shape index (κ2) is 3.92. The average molecular weight is 193 g/mol. The van der Waals surface area contributed by atoms with Crippen molar-refractivity contribution in [1.82, 2.24) is 10.2 Å². The summed E-state index contributed by atoms with van der Waals surface area (Å²) in [5, 5.41) is 11.3. The first-order chi connectivity index (χ1) is 6.81. The van der Waals surface area contributed by atoms with Crippen LogP contribution < -0.4 is 5.32 Å². The minimum Gasteiger partial charge on any atom is -0.381 e. The van der Waals surface area contributed by atoms with E-state index in [4.69, 9.17) is 4.74 Å². The minimum atomic E-state index is 0.438. The first-order valence-corrected chi connectivity index (χ1v) is 4.91. The molecule has 1 aromatic rings. The van der Waals surface area contributed by atoms with Crippen molar-refractivity contribution in [3.8, 4) is 0 Å². The summed E-state index contributed by atoms with van der Waals surface area (Å²) in [6.07, 6.45) is 1.06. The quantitative estimate of drug-likeness (QED) is 0.769. The van der Waals surface area contributed by atoms with Gasteiger partial charge in [-0.15, -0.1) is 5.10 Å². The normalized spacial score (nSPS) is 21.1. The van der Waals surface area contributed by atoms with Crippen molar-refractivity contribution < 1.29 is 4.74 Å². The number of hydrogen-bond donors (Lipinski definition) is 1. The third-order valence-electron chi connectivity index (χ3n) is 2.60.